The second-order valence-corrected chi connectivity index (χ2v) is 3.62. The number of rotatable bonds is 4. The van der Waals surface area contributed by atoms with Gasteiger partial charge in [-0.1, -0.05) is 17.7 Å². The average Bonchev–Trinajstić information content (AvgIpc) is 2.28. The van der Waals surface area contributed by atoms with E-state index in [0.717, 1.165) is 0 Å². The molecule has 0 aliphatic rings. The minimum Gasteiger partial charge on any atom is -0.496 e. The number of ether oxygens (including phenoxy) is 2. The number of hydrogen-bond acceptors (Lipinski definition) is 4. The van der Waals surface area contributed by atoms with Crippen LogP contribution in [0.2, 0.25) is 5.02 Å². The van der Waals surface area contributed by atoms with Crippen molar-refractivity contribution in [3.05, 3.63) is 28.8 Å². The molecule has 1 rings (SSSR count). The van der Waals surface area contributed by atoms with Gasteiger partial charge in [0, 0.05) is 10.6 Å². The van der Waals surface area contributed by atoms with Crippen molar-refractivity contribution in [1.82, 2.24) is 0 Å². The van der Waals surface area contributed by atoms with Gasteiger partial charge in [-0.15, -0.1) is 0 Å². The highest BCUT2D eigenvalue weighted by molar-refractivity contribution is 6.30. The van der Waals surface area contributed by atoms with Crippen LogP contribution in [0.5, 0.6) is 5.75 Å². The summed E-state index contributed by atoms with van der Waals surface area (Å²) in [6.45, 7) is 0. The molecule has 1 atom stereocenters. The first-order valence-corrected chi connectivity index (χ1v) is 5.04. The number of esters is 1. The number of halogens is 1. The van der Waals surface area contributed by atoms with Crippen LogP contribution >= 0.6 is 11.6 Å². The minimum atomic E-state index is -0.959. The molecule has 5 heteroatoms. The second-order valence-electron chi connectivity index (χ2n) is 3.18. The first-order valence-electron chi connectivity index (χ1n) is 4.66. The number of hydrogen-bond donors (Lipinski definition) is 1. The Morgan fingerprint density at radius 2 is 2.19 bits per heavy atom. The molecule has 0 saturated carbocycles. The molecule has 0 spiro atoms. The van der Waals surface area contributed by atoms with Gasteiger partial charge in [0.2, 0.25) is 0 Å². The summed E-state index contributed by atoms with van der Waals surface area (Å²) in [7, 11) is 2.74. The van der Waals surface area contributed by atoms with E-state index in [1.54, 1.807) is 18.2 Å². The maximum atomic E-state index is 11.0. The lowest BCUT2D eigenvalue weighted by Gasteiger charge is -2.13. The van der Waals surface area contributed by atoms with E-state index in [4.69, 9.17) is 16.3 Å². The van der Waals surface area contributed by atoms with Gasteiger partial charge in [0.25, 0.3) is 0 Å². The van der Waals surface area contributed by atoms with E-state index in [1.165, 1.54) is 14.2 Å². The van der Waals surface area contributed by atoms with Crippen molar-refractivity contribution in [2.24, 2.45) is 0 Å². The van der Waals surface area contributed by atoms with Crippen LogP contribution in [-0.2, 0) is 9.53 Å². The van der Waals surface area contributed by atoms with Crippen molar-refractivity contribution in [1.29, 1.82) is 0 Å². The topological polar surface area (TPSA) is 55.8 Å². The zero-order valence-corrected chi connectivity index (χ0v) is 9.82. The molecular weight excluding hydrogens is 232 g/mol. The first kappa shape index (κ1) is 12.8. The Bertz CT molecular complexity index is 378. The van der Waals surface area contributed by atoms with Crippen LogP contribution in [0.3, 0.4) is 0 Å². The lowest BCUT2D eigenvalue weighted by molar-refractivity contribution is -0.142. The number of aliphatic hydroxyl groups excluding tert-OH is 1. The molecule has 0 aromatic heterocycles. The first-order chi connectivity index (χ1) is 7.58. The van der Waals surface area contributed by atoms with Gasteiger partial charge in [0.1, 0.15) is 5.75 Å². The Morgan fingerprint density at radius 3 is 2.75 bits per heavy atom. The van der Waals surface area contributed by atoms with Crippen molar-refractivity contribution in [3.63, 3.8) is 0 Å². The van der Waals surface area contributed by atoms with E-state index < -0.39 is 12.1 Å². The third kappa shape index (κ3) is 3.12. The predicted molar refractivity (Wildman–Crippen MR) is 59.6 cm³/mol. The summed E-state index contributed by atoms with van der Waals surface area (Å²) >= 11 is 5.78. The van der Waals surface area contributed by atoms with Gasteiger partial charge < -0.3 is 14.6 Å². The van der Waals surface area contributed by atoms with Crippen LogP contribution in [0.15, 0.2) is 18.2 Å². The van der Waals surface area contributed by atoms with E-state index in [1.807, 2.05) is 0 Å². The van der Waals surface area contributed by atoms with Gasteiger partial charge in [-0.3, -0.25) is 4.79 Å². The molecule has 0 amide bonds. The van der Waals surface area contributed by atoms with Crippen LogP contribution in [0.4, 0.5) is 0 Å². The molecule has 88 valence electrons. The molecule has 0 heterocycles. The highest BCUT2D eigenvalue weighted by Gasteiger charge is 2.17. The van der Waals surface area contributed by atoms with Crippen molar-refractivity contribution in [2.45, 2.75) is 12.5 Å². The number of benzene rings is 1. The number of carbonyl (C=O) groups excluding carboxylic acids is 1. The minimum absolute atomic E-state index is 0.117. The SMILES string of the molecule is COC(=O)C[C@H](O)c1ccc(Cl)cc1OC. The zero-order valence-electron chi connectivity index (χ0n) is 9.07. The molecular formula is C11H13ClO4. The van der Waals surface area contributed by atoms with E-state index in [0.29, 0.717) is 16.3 Å². The van der Waals surface area contributed by atoms with Gasteiger partial charge in [-0.2, -0.15) is 0 Å². The molecule has 1 aromatic rings. The van der Waals surface area contributed by atoms with Crippen LogP contribution in [0, 0.1) is 0 Å². The fourth-order valence-electron chi connectivity index (χ4n) is 1.31. The maximum absolute atomic E-state index is 11.0. The van der Waals surface area contributed by atoms with Gasteiger partial charge in [0.05, 0.1) is 26.7 Å². The summed E-state index contributed by atoms with van der Waals surface area (Å²) < 4.78 is 9.54. The number of carbonyl (C=O) groups is 1. The molecule has 16 heavy (non-hydrogen) atoms. The van der Waals surface area contributed by atoms with E-state index >= 15 is 0 Å². The van der Waals surface area contributed by atoms with Gasteiger partial charge >= 0.3 is 5.97 Å². The smallest absolute Gasteiger partial charge is 0.308 e. The lowest BCUT2D eigenvalue weighted by Crippen LogP contribution is -2.09. The Kier molecular flexibility index (Phi) is 4.58. The van der Waals surface area contributed by atoms with Gasteiger partial charge in [0.15, 0.2) is 0 Å². The summed E-state index contributed by atoms with van der Waals surface area (Å²) in [5.74, 6) is -0.0339. The van der Waals surface area contributed by atoms with E-state index in [-0.39, 0.29) is 6.42 Å². The van der Waals surface area contributed by atoms with Crippen molar-refractivity contribution in [2.75, 3.05) is 14.2 Å². The summed E-state index contributed by atoms with van der Waals surface area (Å²) in [6, 6.07) is 4.83. The summed E-state index contributed by atoms with van der Waals surface area (Å²) in [6.07, 6.45) is -1.08. The maximum Gasteiger partial charge on any atom is 0.308 e. The quantitative estimate of drug-likeness (QED) is 0.823. The molecule has 0 aliphatic carbocycles. The molecule has 0 fully saturated rings. The lowest BCUT2D eigenvalue weighted by atomic mass is 10.1. The third-order valence-electron chi connectivity index (χ3n) is 2.14. The largest absolute Gasteiger partial charge is 0.496 e. The van der Waals surface area contributed by atoms with Crippen LogP contribution < -0.4 is 4.74 Å². The average molecular weight is 245 g/mol. The molecule has 1 aromatic carbocycles. The molecule has 0 unspecified atom stereocenters. The summed E-state index contributed by atoms with van der Waals surface area (Å²) in [5, 5.41) is 10.3. The Labute approximate surface area is 98.7 Å². The Morgan fingerprint density at radius 1 is 1.50 bits per heavy atom. The third-order valence-corrected chi connectivity index (χ3v) is 2.38. The van der Waals surface area contributed by atoms with Crippen molar-refractivity contribution >= 4 is 17.6 Å². The van der Waals surface area contributed by atoms with Crippen molar-refractivity contribution in [3.8, 4) is 5.75 Å². The normalized spacial score (nSPS) is 12.0. The molecule has 4 nitrogen and oxygen atoms in total. The molecule has 1 N–H and O–H groups in total. The standard InChI is InChI=1S/C11H13ClO4/c1-15-10-5-7(12)3-4-8(10)9(13)6-11(14)16-2/h3-5,9,13H,6H2,1-2H3/t9-/m0/s1. The predicted octanol–water partition coefficient (Wildman–Crippen LogP) is 1.95. The molecule has 0 saturated heterocycles. The monoisotopic (exact) mass is 244 g/mol. The second kappa shape index (κ2) is 5.72. The number of methoxy groups -OCH3 is 2. The fourth-order valence-corrected chi connectivity index (χ4v) is 1.47. The van der Waals surface area contributed by atoms with Crippen molar-refractivity contribution < 1.29 is 19.4 Å². The van der Waals surface area contributed by atoms with Gasteiger partial charge in [-0.05, 0) is 12.1 Å². The Balaban J connectivity index is 2.90. The van der Waals surface area contributed by atoms with Crippen LogP contribution in [0.25, 0.3) is 0 Å². The Hall–Kier alpha value is -1.26. The van der Waals surface area contributed by atoms with Crippen LogP contribution in [-0.4, -0.2) is 25.3 Å². The highest BCUT2D eigenvalue weighted by Crippen LogP contribution is 2.30. The van der Waals surface area contributed by atoms with E-state index in [9.17, 15) is 9.90 Å². The summed E-state index contributed by atoms with van der Waals surface area (Å²) in [4.78, 5) is 11.0. The zero-order chi connectivity index (χ0) is 12.1. The van der Waals surface area contributed by atoms with Crippen LogP contribution in [0.1, 0.15) is 18.1 Å². The fraction of sp³-hybridized carbons (Fsp3) is 0.364. The molecule has 0 bridgehead atoms. The van der Waals surface area contributed by atoms with E-state index in [2.05, 4.69) is 4.74 Å². The molecule has 0 aliphatic heterocycles. The summed E-state index contributed by atoms with van der Waals surface area (Å²) in [5.41, 5.74) is 0.511. The highest BCUT2D eigenvalue weighted by atomic mass is 35.5. The number of aliphatic hydroxyl groups is 1. The van der Waals surface area contributed by atoms with Gasteiger partial charge in [-0.25, -0.2) is 0 Å². The molecule has 0 radical (unpaired) electrons.